The summed E-state index contributed by atoms with van der Waals surface area (Å²) in [5, 5.41) is 0. The van der Waals surface area contributed by atoms with Gasteiger partial charge in [0.1, 0.15) is 5.83 Å². The van der Waals surface area contributed by atoms with E-state index in [4.69, 9.17) is 11.6 Å². The Kier molecular flexibility index (Phi) is 2.78. The Bertz CT molecular complexity index is 61.8. The van der Waals surface area contributed by atoms with Crippen molar-refractivity contribution < 1.29 is 4.39 Å². The number of hydrogen-bond acceptors (Lipinski definition) is 0. The lowest BCUT2D eigenvalue weighted by molar-refractivity contribution is 0.661. The second kappa shape index (κ2) is 2.59. The molecule has 0 spiro atoms. The molecule has 0 saturated heterocycles. The highest BCUT2D eigenvalue weighted by molar-refractivity contribution is 9.11. The lowest BCUT2D eigenvalue weighted by Gasteiger charge is -1.85. The van der Waals surface area contributed by atoms with Gasteiger partial charge >= 0.3 is 0 Å². The van der Waals surface area contributed by atoms with Crippen molar-refractivity contribution in [3.05, 3.63) is 16.7 Å². The molecule has 0 unspecified atom stereocenters. The molecular weight excluding hydrogens is 170 g/mol. The first kappa shape index (κ1) is 6.44. The molecule has 1 radical (unpaired) electrons. The molecule has 0 aliphatic rings. The minimum atomic E-state index is -0.642. The van der Waals surface area contributed by atoms with Gasteiger partial charge in [-0.15, -0.1) is 0 Å². The van der Waals surface area contributed by atoms with Crippen molar-refractivity contribution in [2.75, 3.05) is 0 Å². The minimum absolute atomic E-state index is 0.0671. The second-order valence-electron chi connectivity index (χ2n) is 0.665. The Balaban J connectivity index is 3.26. The smallest absolute Gasteiger partial charge is 0.185 e. The maximum Gasteiger partial charge on any atom is 0.185 e. The van der Waals surface area contributed by atoms with E-state index >= 15 is 0 Å². The largest absolute Gasteiger partial charge is 0.209 e. The van der Waals surface area contributed by atoms with E-state index in [1.807, 2.05) is 0 Å². The predicted octanol–water partition coefficient (Wildman–Crippen LogP) is 2.59. The highest BCUT2D eigenvalue weighted by Crippen LogP contribution is 2.23. The van der Waals surface area contributed by atoms with E-state index in [0.29, 0.717) is 0 Å². The molecule has 0 aromatic carbocycles. The van der Waals surface area contributed by atoms with Crippen LogP contribution in [0.3, 0.4) is 0 Å². The molecule has 0 aliphatic carbocycles. The molecule has 0 N–H and O–H groups in total. The van der Waals surface area contributed by atoms with Gasteiger partial charge in [0.05, 0.1) is 0 Å². The molecule has 0 aromatic heterocycles. The first-order chi connectivity index (χ1) is 2.64. The lowest BCUT2D eigenvalue weighted by atomic mass is 10.7. The number of rotatable bonds is 1. The van der Waals surface area contributed by atoms with E-state index in [2.05, 4.69) is 22.5 Å². The van der Waals surface area contributed by atoms with Crippen LogP contribution in [0.15, 0.2) is 12.4 Å². The van der Waals surface area contributed by atoms with Crippen molar-refractivity contribution in [2.45, 2.75) is 0 Å². The van der Waals surface area contributed by atoms with Gasteiger partial charge in [-0.1, -0.05) is 34.1 Å². The molecule has 0 nitrogen and oxygen atoms in total. The van der Waals surface area contributed by atoms with E-state index in [0.717, 1.165) is 0 Å². The van der Waals surface area contributed by atoms with Gasteiger partial charge in [-0.25, -0.2) is 4.39 Å². The van der Waals surface area contributed by atoms with Crippen LogP contribution >= 0.6 is 27.5 Å². The molecule has 0 rings (SSSR count). The summed E-state index contributed by atoms with van der Waals surface area (Å²) in [6, 6.07) is 0. The highest BCUT2D eigenvalue weighted by atomic mass is 79.9. The third kappa shape index (κ3) is 2.67. The van der Waals surface area contributed by atoms with Crippen molar-refractivity contribution in [3.8, 4) is 0 Å². The standard InChI is InChI=1S/C3H2BrClF/c1-2(6)3(4)5/h1H2. The fourth-order valence-electron chi connectivity index (χ4n) is 0. The average Bonchev–Trinajstić information content (AvgIpc) is 1.36. The summed E-state index contributed by atoms with van der Waals surface area (Å²) in [6.45, 7) is 2.87. The Morgan fingerprint density at radius 3 is 2.00 bits per heavy atom. The fourth-order valence-corrected chi connectivity index (χ4v) is 0. The predicted molar refractivity (Wildman–Crippen MR) is 28.3 cm³/mol. The molecule has 3 heteroatoms. The quantitative estimate of drug-likeness (QED) is 0.570. The van der Waals surface area contributed by atoms with Crippen molar-refractivity contribution in [3.63, 3.8) is 0 Å². The summed E-state index contributed by atoms with van der Waals surface area (Å²) < 4.78 is 11.3. The number of halogens is 3. The minimum Gasteiger partial charge on any atom is -0.209 e. The third-order valence-electron chi connectivity index (χ3n) is 0.205. The monoisotopic (exact) mass is 171 g/mol. The van der Waals surface area contributed by atoms with Crippen LogP contribution in [0.5, 0.6) is 0 Å². The molecule has 0 amide bonds. The van der Waals surface area contributed by atoms with Crippen LogP contribution < -0.4 is 0 Å². The highest BCUT2D eigenvalue weighted by Gasteiger charge is 2.00. The topological polar surface area (TPSA) is 0 Å². The first-order valence-electron chi connectivity index (χ1n) is 1.17. The summed E-state index contributed by atoms with van der Waals surface area (Å²) in [6.07, 6.45) is 0. The van der Waals surface area contributed by atoms with Crippen LogP contribution in [-0.4, -0.2) is 0 Å². The Morgan fingerprint density at radius 2 is 2.00 bits per heavy atom. The zero-order valence-corrected chi connectivity index (χ0v) is 5.18. The Morgan fingerprint density at radius 1 is 1.83 bits per heavy atom. The van der Waals surface area contributed by atoms with Crippen molar-refractivity contribution >= 4 is 27.5 Å². The second-order valence-corrected chi connectivity index (χ2v) is 2.29. The Labute approximate surface area is 49.1 Å². The molecule has 0 heterocycles. The maximum absolute atomic E-state index is 11.4. The first-order valence-corrected chi connectivity index (χ1v) is 2.34. The summed E-state index contributed by atoms with van der Waals surface area (Å²) in [7, 11) is 0. The van der Waals surface area contributed by atoms with Gasteiger partial charge in [0.25, 0.3) is 0 Å². The van der Waals surface area contributed by atoms with Gasteiger partial charge in [0, 0.05) is 0 Å². The van der Waals surface area contributed by atoms with Gasteiger partial charge in [-0.3, -0.25) is 0 Å². The molecule has 35 valence electrons. The molecule has 0 saturated carbocycles. The van der Waals surface area contributed by atoms with E-state index in [1.54, 1.807) is 0 Å². The molecule has 0 atom stereocenters. The van der Waals surface area contributed by atoms with Gasteiger partial charge in [-0.05, 0) is 0 Å². The van der Waals surface area contributed by atoms with Crippen LogP contribution in [0.25, 0.3) is 0 Å². The Hall–Kier alpha value is 0.440. The van der Waals surface area contributed by atoms with E-state index in [-0.39, 0.29) is 4.29 Å². The molecule has 0 aliphatic heterocycles. The summed E-state index contributed by atoms with van der Waals surface area (Å²) >= 11 is 7.62. The van der Waals surface area contributed by atoms with E-state index < -0.39 is 5.83 Å². The third-order valence-corrected chi connectivity index (χ3v) is 0.840. The van der Waals surface area contributed by atoms with Crippen LogP contribution in [-0.2, 0) is 0 Å². The van der Waals surface area contributed by atoms with Crippen molar-refractivity contribution in [1.82, 2.24) is 0 Å². The summed E-state index contributed by atoms with van der Waals surface area (Å²) in [5.74, 6) is -0.642. The molecule has 0 fully saturated rings. The van der Waals surface area contributed by atoms with Crippen LogP contribution in [0.4, 0.5) is 4.39 Å². The summed E-state index contributed by atoms with van der Waals surface area (Å²) in [4.78, 5) is 0. The van der Waals surface area contributed by atoms with Crippen molar-refractivity contribution in [2.24, 2.45) is 0 Å². The molecule has 6 heavy (non-hydrogen) atoms. The number of allylic oxidation sites excluding steroid dienone is 1. The summed E-state index contributed by atoms with van der Waals surface area (Å²) in [5.41, 5.74) is 0. The van der Waals surface area contributed by atoms with Crippen LogP contribution in [0, 0.1) is 4.29 Å². The normalized spacial score (nSPS) is 9.33. The van der Waals surface area contributed by atoms with E-state index in [9.17, 15) is 4.39 Å². The number of hydrogen-bond donors (Lipinski definition) is 0. The SMILES string of the molecule is C=C(F)[C](Cl)Br. The molecular formula is C3H2BrClF. The van der Waals surface area contributed by atoms with Crippen molar-refractivity contribution in [1.29, 1.82) is 0 Å². The lowest BCUT2D eigenvalue weighted by Crippen LogP contribution is -1.67. The van der Waals surface area contributed by atoms with E-state index in [1.165, 1.54) is 0 Å². The van der Waals surface area contributed by atoms with Crippen LogP contribution in [0.1, 0.15) is 0 Å². The maximum atomic E-state index is 11.4. The molecule has 0 bridgehead atoms. The average molecular weight is 172 g/mol. The van der Waals surface area contributed by atoms with Crippen LogP contribution in [0.2, 0.25) is 0 Å². The zero-order chi connectivity index (χ0) is 5.15. The van der Waals surface area contributed by atoms with Gasteiger partial charge in [-0.2, -0.15) is 0 Å². The van der Waals surface area contributed by atoms with Gasteiger partial charge in [0.15, 0.2) is 4.29 Å². The van der Waals surface area contributed by atoms with Gasteiger partial charge in [0.2, 0.25) is 0 Å². The van der Waals surface area contributed by atoms with Gasteiger partial charge < -0.3 is 0 Å². The zero-order valence-electron chi connectivity index (χ0n) is 2.84. The molecule has 0 aromatic rings. The fraction of sp³-hybridized carbons (Fsp3) is 0.